The van der Waals surface area contributed by atoms with Crippen molar-refractivity contribution >= 4 is 59.4 Å². The van der Waals surface area contributed by atoms with Crippen LogP contribution in [0, 0.1) is 5.92 Å². The molecule has 1 N–H and O–H groups in total. The molecule has 1 fully saturated rings. The topological polar surface area (TPSA) is 54.3 Å². The van der Waals surface area contributed by atoms with E-state index in [4.69, 9.17) is 0 Å². The van der Waals surface area contributed by atoms with E-state index in [1.807, 2.05) is 28.8 Å². The van der Waals surface area contributed by atoms with E-state index in [0.717, 1.165) is 50.9 Å². The van der Waals surface area contributed by atoms with Crippen molar-refractivity contribution in [2.45, 2.75) is 18.9 Å². The molecular weight excluding hydrogens is 542 g/mol. The number of halogens is 3. The predicted molar refractivity (Wildman–Crippen MR) is 116 cm³/mol. The number of hydrogen-bond donors (Lipinski definition) is 1. The Bertz CT molecular complexity index is 936. The summed E-state index contributed by atoms with van der Waals surface area (Å²) < 4.78 is 4.48. The second-order valence-corrected chi connectivity index (χ2v) is 9.81. The van der Waals surface area contributed by atoms with Gasteiger partial charge in [0, 0.05) is 50.7 Å². The quantitative estimate of drug-likeness (QED) is 0.613. The Labute approximate surface area is 182 Å². The monoisotopic (exact) mass is 557 g/mol. The lowest BCUT2D eigenvalue weighted by molar-refractivity contribution is -0.118. The largest absolute Gasteiger partial charge is 0.323 e. The molecule has 0 unspecified atom stereocenters. The van der Waals surface area contributed by atoms with Crippen LogP contribution in [0.25, 0.3) is 0 Å². The van der Waals surface area contributed by atoms with Gasteiger partial charge in [0.2, 0.25) is 5.91 Å². The lowest BCUT2D eigenvalue weighted by Gasteiger charge is -2.42. The van der Waals surface area contributed by atoms with Crippen molar-refractivity contribution in [3.8, 4) is 0 Å². The van der Waals surface area contributed by atoms with Crippen LogP contribution >= 0.6 is 47.8 Å². The third-order valence-corrected chi connectivity index (χ3v) is 6.90. The average molecular weight is 560 g/mol. The van der Waals surface area contributed by atoms with Gasteiger partial charge in [-0.3, -0.25) is 14.5 Å². The van der Waals surface area contributed by atoms with Crippen LogP contribution in [0.3, 0.4) is 0 Å². The van der Waals surface area contributed by atoms with Gasteiger partial charge in [-0.05, 0) is 62.4 Å². The molecular formula is C19H18Br3N3O2. The summed E-state index contributed by atoms with van der Waals surface area (Å²) in [5.74, 6) is 0.685. The standard InChI is InChI=1S/C19H18Br3N3O2/c20-13-5-14(21)19(15(22)6-13)23-17(26)10-24-7-11-4-12(9-24)16-2-1-3-18(27)25(16)8-11/h1-3,5-6,11-12H,4,7-10H2,(H,23,26)/t11-,12+/m1/s1. The number of carbonyl (C=O) groups excluding carboxylic acids is 1. The van der Waals surface area contributed by atoms with Crippen molar-refractivity contribution in [1.29, 1.82) is 0 Å². The molecule has 2 bridgehead atoms. The van der Waals surface area contributed by atoms with Gasteiger partial charge in [0.05, 0.1) is 12.2 Å². The van der Waals surface area contributed by atoms with Gasteiger partial charge < -0.3 is 9.88 Å². The van der Waals surface area contributed by atoms with Crippen molar-refractivity contribution in [3.63, 3.8) is 0 Å². The van der Waals surface area contributed by atoms with Gasteiger partial charge in [-0.1, -0.05) is 22.0 Å². The first kappa shape index (κ1) is 19.4. The number of aromatic nitrogens is 1. The SMILES string of the molecule is O=C(CN1C[C@H]2C[C@@H](C1)c1cccc(=O)n1C2)Nc1c(Br)cc(Br)cc1Br. The number of pyridine rings is 1. The Balaban J connectivity index is 1.46. The fourth-order valence-corrected chi connectivity index (χ4v) is 6.63. The van der Waals surface area contributed by atoms with Gasteiger partial charge >= 0.3 is 0 Å². The maximum absolute atomic E-state index is 12.6. The minimum atomic E-state index is -0.0378. The number of anilines is 1. The van der Waals surface area contributed by atoms with Crippen LogP contribution in [0.2, 0.25) is 0 Å². The van der Waals surface area contributed by atoms with Crippen LogP contribution in [0.4, 0.5) is 5.69 Å². The number of benzene rings is 1. The van der Waals surface area contributed by atoms with Gasteiger partial charge in [0.15, 0.2) is 0 Å². The van der Waals surface area contributed by atoms with Crippen LogP contribution in [0.15, 0.2) is 48.5 Å². The number of rotatable bonds is 3. The molecule has 0 saturated carbocycles. The number of carbonyl (C=O) groups is 1. The number of amides is 1. The smallest absolute Gasteiger partial charge is 0.250 e. The minimum Gasteiger partial charge on any atom is -0.323 e. The van der Waals surface area contributed by atoms with E-state index < -0.39 is 0 Å². The lowest BCUT2D eigenvalue weighted by Crippen LogP contribution is -2.49. The summed E-state index contributed by atoms with van der Waals surface area (Å²) in [6, 6.07) is 9.31. The Morgan fingerprint density at radius 2 is 1.85 bits per heavy atom. The highest BCUT2D eigenvalue weighted by Gasteiger charge is 2.35. The summed E-state index contributed by atoms with van der Waals surface area (Å²) in [7, 11) is 0. The fraction of sp³-hybridized carbons (Fsp3) is 0.368. The van der Waals surface area contributed by atoms with E-state index in [9.17, 15) is 9.59 Å². The highest BCUT2D eigenvalue weighted by molar-refractivity contribution is 9.11. The number of nitrogens with zero attached hydrogens (tertiary/aromatic N) is 2. The molecule has 27 heavy (non-hydrogen) atoms. The zero-order valence-corrected chi connectivity index (χ0v) is 19.2. The van der Waals surface area contributed by atoms with Gasteiger partial charge in [-0.2, -0.15) is 0 Å². The molecule has 2 atom stereocenters. The first-order chi connectivity index (χ1) is 12.9. The molecule has 2 aliphatic rings. The van der Waals surface area contributed by atoms with Gasteiger partial charge in [0.1, 0.15) is 0 Å². The maximum Gasteiger partial charge on any atom is 0.250 e. The van der Waals surface area contributed by atoms with Crippen molar-refractivity contribution in [2.24, 2.45) is 5.92 Å². The number of nitrogens with one attached hydrogen (secondary N) is 1. The molecule has 1 aromatic heterocycles. The molecule has 0 spiro atoms. The Kier molecular flexibility index (Phi) is 5.60. The van der Waals surface area contributed by atoms with Crippen molar-refractivity contribution in [1.82, 2.24) is 9.47 Å². The predicted octanol–water partition coefficient (Wildman–Crippen LogP) is 4.19. The average Bonchev–Trinajstić information content (AvgIpc) is 2.59. The number of likely N-dealkylation sites (tertiary alicyclic amines) is 1. The first-order valence-corrected chi connectivity index (χ1v) is 11.1. The van der Waals surface area contributed by atoms with E-state index in [-0.39, 0.29) is 11.5 Å². The van der Waals surface area contributed by atoms with E-state index >= 15 is 0 Å². The van der Waals surface area contributed by atoms with E-state index in [0.29, 0.717) is 18.4 Å². The number of hydrogen-bond acceptors (Lipinski definition) is 3. The first-order valence-electron chi connectivity index (χ1n) is 8.77. The third kappa shape index (κ3) is 4.09. The summed E-state index contributed by atoms with van der Waals surface area (Å²) in [6.45, 7) is 2.73. The highest BCUT2D eigenvalue weighted by Crippen LogP contribution is 2.36. The molecule has 8 heteroatoms. The van der Waals surface area contributed by atoms with E-state index in [1.165, 1.54) is 0 Å². The van der Waals surface area contributed by atoms with Crippen LogP contribution < -0.4 is 10.9 Å². The van der Waals surface area contributed by atoms with Crippen LogP contribution in [-0.4, -0.2) is 35.0 Å². The Hall–Kier alpha value is -0.960. The molecule has 1 aromatic carbocycles. The van der Waals surface area contributed by atoms with Gasteiger partial charge in [-0.25, -0.2) is 0 Å². The summed E-state index contributed by atoms with van der Waals surface area (Å²) in [4.78, 5) is 27.0. The van der Waals surface area contributed by atoms with Crippen LogP contribution in [0.5, 0.6) is 0 Å². The third-order valence-electron chi connectivity index (χ3n) is 5.19. The Morgan fingerprint density at radius 3 is 2.59 bits per heavy atom. The molecule has 0 aliphatic carbocycles. The lowest BCUT2D eigenvalue weighted by atomic mass is 9.83. The Morgan fingerprint density at radius 1 is 1.11 bits per heavy atom. The maximum atomic E-state index is 12.6. The van der Waals surface area contributed by atoms with Crippen molar-refractivity contribution in [3.05, 3.63) is 59.8 Å². The second kappa shape index (κ2) is 7.81. The molecule has 2 aromatic rings. The molecule has 142 valence electrons. The molecule has 5 nitrogen and oxygen atoms in total. The van der Waals surface area contributed by atoms with Gasteiger partial charge in [-0.15, -0.1) is 0 Å². The second-order valence-electron chi connectivity index (χ2n) is 7.18. The summed E-state index contributed by atoms with van der Waals surface area (Å²) in [5.41, 5.74) is 1.91. The summed E-state index contributed by atoms with van der Waals surface area (Å²) >= 11 is 10.4. The summed E-state index contributed by atoms with van der Waals surface area (Å²) in [6.07, 6.45) is 1.09. The number of piperidine rings is 1. The molecule has 0 radical (unpaired) electrons. The molecule has 2 aliphatic heterocycles. The van der Waals surface area contributed by atoms with Crippen molar-refractivity contribution < 1.29 is 4.79 Å². The van der Waals surface area contributed by atoms with E-state index in [1.54, 1.807) is 6.07 Å². The van der Waals surface area contributed by atoms with E-state index in [2.05, 4.69) is 58.0 Å². The molecule has 3 heterocycles. The van der Waals surface area contributed by atoms with Crippen LogP contribution in [0.1, 0.15) is 18.0 Å². The molecule has 4 rings (SSSR count). The molecule has 1 saturated heterocycles. The number of fused-ring (bicyclic) bond motifs is 4. The zero-order valence-electron chi connectivity index (χ0n) is 14.4. The minimum absolute atomic E-state index is 0.0378. The van der Waals surface area contributed by atoms with Crippen LogP contribution in [-0.2, 0) is 11.3 Å². The highest BCUT2D eigenvalue weighted by atomic mass is 79.9. The summed E-state index contributed by atoms with van der Waals surface area (Å²) in [5, 5.41) is 3.00. The molecule has 1 amide bonds. The van der Waals surface area contributed by atoms with Crippen molar-refractivity contribution in [2.75, 3.05) is 25.0 Å². The fourth-order valence-electron chi connectivity index (χ4n) is 4.17. The normalized spacial score (nSPS) is 21.6. The van der Waals surface area contributed by atoms with Gasteiger partial charge in [0.25, 0.3) is 5.56 Å². The zero-order chi connectivity index (χ0) is 19.1.